The number of rotatable bonds is 4. The van der Waals surface area contributed by atoms with Gasteiger partial charge in [-0.1, -0.05) is 6.92 Å². The standard InChI is InChI=1S/C16H21NS2/c1-3-12-8-9-14(18-12)16(17-2)15-10-11-6-4-5-7-13(11)19-15/h8-10,16-17H,3-7H2,1-2H3. The first-order valence-electron chi connectivity index (χ1n) is 7.19. The van der Waals surface area contributed by atoms with Crippen molar-refractivity contribution in [1.29, 1.82) is 0 Å². The normalized spacial score (nSPS) is 16.3. The molecule has 0 amide bonds. The van der Waals surface area contributed by atoms with E-state index in [2.05, 4.69) is 37.5 Å². The van der Waals surface area contributed by atoms with Crippen molar-refractivity contribution in [3.05, 3.63) is 43.3 Å². The molecule has 1 N–H and O–H groups in total. The zero-order valence-electron chi connectivity index (χ0n) is 11.7. The van der Waals surface area contributed by atoms with Crippen molar-refractivity contribution in [2.75, 3.05) is 7.05 Å². The van der Waals surface area contributed by atoms with E-state index in [4.69, 9.17) is 0 Å². The number of fused-ring (bicyclic) bond motifs is 1. The average molecular weight is 291 g/mol. The maximum absolute atomic E-state index is 3.50. The Kier molecular flexibility index (Phi) is 4.06. The van der Waals surface area contributed by atoms with Gasteiger partial charge >= 0.3 is 0 Å². The number of hydrogen-bond donors (Lipinski definition) is 1. The van der Waals surface area contributed by atoms with Crippen LogP contribution in [0.5, 0.6) is 0 Å². The van der Waals surface area contributed by atoms with Gasteiger partial charge in [-0.15, -0.1) is 22.7 Å². The number of aryl methyl sites for hydroxylation is 3. The molecule has 0 aromatic carbocycles. The Hall–Kier alpha value is -0.640. The quantitative estimate of drug-likeness (QED) is 0.871. The van der Waals surface area contributed by atoms with Gasteiger partial charge in [-0.25, -0.2) is 0 Å². The van der Waals surface area contributed by atoms with Crippen molar-refractivity contribution in [2.24, 2.45) is 0 Å². The van der Waals surface area contributed by atoms with Crippen LogP contribution in [0.1, 0.15) is 50.9 Å². The summed E-state index contributed by atoms with van der Waals surface area (Å²) >= 11 is 3.97. The van der Waals surface area contributed by atoms with E-state index in [1.807, 2.05) is 22.7 Å². The van der Waals surface area contributed by atoms with Crippen LogP contribution in [0.25, 0.3) is 0 Å². The molecule has 1 aliphatic rings. The van der Waals surface area contributed by atoms with Crippen LogP contribution in [-0.2, 0) is 19.3 Å². The summed E-state index contributed by atoms with van der Waals surface area (Å²) in [4.78, 5) is 6.07. The third-order valence-electron chi connectivity index (χ3n) is 3.90. The van der Waals surface area contributed by atoms with Gasteiger partial charge < -0.3 is 5.32 Å². The Morgan fingerprint density at radius 3 is 2.68 bits per heavy atom. The highest BCUT2D eigenvalue weighted by Gasteiger charge is 2.20. The molecule has 1 atom stereocenters. The van der Waals surface area contributed by atoms with E-state index in [1.165, 1.54) is 40.3 Å². The lowest BCUT2D eigenvalue weighted by atomic mass is 9.99. The molecule has 2 heterocycles. The minimum absolute atomic E-state index is 0.390. The van der Waals surface area contributed by atoms with Gasteiger partial charge in [0.25, 0.3) is 0 Å². The van der Waals surface area contributed by atoms with Crippen LogP contribution in [0.4, 0.5) is 0 Å². The number of thiophene rings is 2. The first kappa shape index (κ1) is 13.3. The van der Waals surface area contributed by atoms with Gasteiger partial charge in [0.15, 0.2) is 0 Å². The van der Waals surface area contributed by atoms with Crippen LogP contribution < -0.4 is 5.32 Å². The molecule has 0 radical (unpaired) electrons. The predicted molar refractivity (Wildman–Crippen MR) is 85.6 cm³/mol. The second-order valence-corrected chi connectivity index (χ2v) is 7.55. The third-order valence-corrected chi connectivity index (χ3v) is 6.50. The van der Waals surface area contributed by atoms with E-state index in [9.17, 15) is 0 Å². The van der Waals surface area contributed by atoms with Crippen molar-refractivity contribution < 1.29 is 0 Å². The second kappa shape index (κ2) is 5.78. The summed E-state index contributed by atoms with van der Waals surface area (Å²) in [6.45, 7) is 2.23. The Morgan fingerprint density at radius 1 is 1.16 bits per heavy atom. The molecule has 102 valence electrons. The molecule has 1 aliphatic carbocycles. The Labute approximate surface area is 123 Å². The second-order valence-electron chi connectivity index (χ2n) is 5.18. The lowest BCUT2D eigenvalue weighted by Crippen LogP contribution is -2.15. The third kappa shape index (κ3) is 2.64. The summed E-state index contributed by atoms with van der Waals surface area (Å²) in [5.41, 5.74) is 1.61. The van der Waals surface area contributed by atoms with E-state index < -0.39 is 0 Å². The molecule has 3 heteroatoms. The van der Waals surface area contributed by atoms with Crippen LogP contribution in [0.15, 0.2) is 18.2 Å². The van der Waals surface area contributed by atoms with E-state index in [-0.39, 0.29) is 0 Å². The molecule has 0 fully saturated rings. The Morgan fingerprint density at radius 2 is 2.00 bits per heavy atom. The predicted octanol–water partition coefficient (Wildman–Crippen LogP) is 4.56. The Balaban J connectivity index is 1.91. The largest absolute Gasteiger partial charge is 0.308 e. The van der Waals surface area contributed by atoms with Gasteiger partial charge in [-0.05, 0) is 62.9 Å². The molecule has 0 aliphatic heterocycles. The first-order valence-corrected chi connectivity index (χ1v) is 8.82. The average Bonchev–Trinajstić information content (AvgIpc) is 3.05. The molecule has 0 bridgehead atoms. The van der Waals surface area contributed by atoms with Crippen LogP contribution in [0.3, 0.4) is 0 Å². The molecular weight excluding hydrogens is 270 g/mol. The van der Waals surface area contributed by atoms with Crippen molar-refractivity contribution >= 4 is 22.7 Å². The summed E-state index contributed by atoms with van der Waals surface area (Å²) < 4.78 is 0. The van der Waals surface area contributed by atoms with Gasteiger partial charge in [0.05, 0.1) is 6.04 Å². The molecular formula is C16H21NS2. The fraction of sp³-hybridized carbons (Fsp3) is 0.500. The lowest BCUT2D eigenvalue weighted by Gasteiger charge is -2.12. The molecule has 2 aromatic rings. The Bertz CT molecular complexity index is 529. The summed E-state index contributed by atoms with van der Waals surface area (Å²) in [6, 6.07) is 7.41. The van der Waals surface area contributed by atoms with Gasteiger partial charge in [0, 0.05) is 19.5 Å². The summed E-state index contributed by atoms with van der Waals surface area (Å²) in [5, 5.41) is 3.50. The van der Waals surface area contributed by atoms with Gasteiger partial charge in [-0.2, -0.15) is 0 Å². The summed E-state index contributed by atoms with van der Waals surface area (Å²) in [7, 11) is 2.08. The first-order chi connectivity index (χ1) is 9.31. The van der Waals surface area contributed by atoms with Crippen LogP contribution in [-0.4, -0.2) is 7.05 Å². The van der Waals surface area contributed by atoms with E-state index in [1.54, 1.807) is 10.4 Å². The number of hydrogen-bond acceptors (Lipinski definition) is 3. The summed E-state index contributed by atoms with van der Waals surface area (Å²) in [6.07, 6.45) is 6.46. The van der Waals surface area contributed by atoms with Gasteiger partial charge in [0.2, 0.25) is 0 Å². The molecule has 19 heavy (non-hydrogen) atoms. The number of nitrogens with one attached hydrogen (secondary N) is 1. The van der Waals surface area contributed by atoms with Gasteiger partial charge in [0.1, 0.15) is 0 Å². The SMILES string of the molecule is CCc1ccc(C(NC)c2cc3c(s2)CCCC3)s1. The minimum atomic E-state index is 0.390. The van der Waals surface area contributed by atoms with Crippen LogP contribution >= 0.6 is 22.7 Å². The van der Waals surface area contributed by atoms with Gasteiger partial charge in [-0.3, -0.25) is 0 Å². The van der Waals surface area contributed by atoms with Crippen molar-refractivity contribution in [2.45, 2.75) is 45.1 Å². The molecule has 0 saturated heterocycles. The zero-order chi connectivity index (χ0) is 13.2. The lowest BCUT2D eigenvalue weighted by molar-refractivity contribution is 0.694. The maximum atomic E-state index is 3.50. The van der Waals surface area contributed by atoms with Crippen molar-refractivity contribution in [1.82, 2.24) is 5.32 Å². The topological polar surface area (TPSA) is 12.0 Å². The highest BCUT2D eigenvalue weighted by Crippen LogP contribution is 2.37. The highest BCUT2D eigenvalue weighted by molar-refractivity contribution is 7.13. The fourth-order valence-corrected chi connectivity index (χ4v) is 5.36. The van der Waals surface area contributed by atoms with Crippen molar-refractivity contribution in [3.8, 4) is 0 Å². The van der Waals surface area contributed by atoms with Crippen LogP contribution in [0, 0.1) is 0 Å². The van der Waals surface area contributed by atoms with E-state index in [0.29, 0.717) is 6.04 Å². The molecule has 2 aromatic heterocycles. The molecule has 1 unspecified atom stereocenters. The van der Waals surface area contributed by atoms with E-state index in [0.717, 1.165) is 6.42 Å². The fourth-order valence-electron chi connectivity index (χ4n) is 2.82. The molecule has 1 nitrogen and oxygen atoms in total. The maximum Gasteiger partial charge on any atom is 0.0762 e. The molecule has 0 spiro atoms. The van der Waals surface area contributed by atoms with Crippen LogP contribution in [0.2, 0.25) is 0 Å². The van der Waals surface area contributed by atoms with E-state index >= 15 is 0 Å². The monoisotopic (exact) mass is 291 g/mol. The molecule has 3 rings (SSSR count). The molecule has 0 saturated carbocycles. The minimum Gasteiger partial charge on any atom is -0.308 e. The summed E-state index contributed by atoms with van der Waals surface area (Å²) in [5.74, 6) is 0. The highest BCUT2D eigenvalue weighted by atomic mass is 32.1. The smallest absolute Gasteiger partial charge is 0.0762 e. The zero-order valence-corrected chi connectivity index (χ0v) is 13.3. The van der Waals surface area contributed by atoms with Crippen molar-refractivity contribution in [3.63, 3.8) is 0 Å².